The van der Waals surface area contributed by atoms with Crippen molar-refractivity contribution in [3.8, 4) is 69.9 Å². The van der Waals surface area contributed by atoms with Gasteiger partial charge in [-0.25, -0.2) is 0 Å². The molecule has 0 N–H and O–H groups in total. The molecular formula is C64H42O3. The zero-order valence-electron chi connectivity index (χ0n) is 36.6. The molecule has 0 amide bonds. The molecule has 10 aromatic carbocycles. The van der Waals surface area contributed by atoms with Gasteiger partial charge in [-0.15, -0.1) is 12.8 Å². The molecule has 0 unspecified atom stereocenters. The molecule has 3 nitrogen and oxygen atoms in total. The molecule has 0 aromatic heterocycles. The maximum Gasteiger partial charge on any atom is 0.148 e. The molecule has 10 aromatic rings. The van der Waals surface area contributed by atoms with Crippen LogP contribution in [0.25, 0.3) is 43.8 Å². The molecule has 0 bridgehead atoms. The van der Waals surface area contributed by atoms with E-state index in [1.807, 2.05) is 12.1 Å². The van der Waals surface area contributed by atoms with E-state index >= 15 is 0 Å². The van der Waals surface area contributed by atoms with Gasteiger partial charge < -0.3 is 14.2 Å². The van der Waals surface area contributed by atoms with Crippen molar-refractivity contribution in [1.82, 2.24) is 0 Å². The Hall–Kier alpha value is -8.76. The minimum atomic E-state index is -0.566. The first-order valence-electron chi connectivity index (χ1n) is 22.6. The zero-order valence-corrected chi connectivity index (χ0v) is 36.6. The van der Waals surface area contributed by atoms with E-state index in [2.05, 4.69) is 218 Å². The summed E-state index contributed by atoms with van der Waals surface area (Å²) in [6.45, 7) is 0.463. The van der Waals surface area contributed by atoms with E-state index in [-0.39, 0.29) is 13.2 Å². The SMILES string of the molecule is C#CCOc1ccc2cc(C3(c4ccc(Oc5ccc(C6(c7ccc8cc(OCC#C)ccc8c7)c7ccccc7-c7ccccc76)cc5)cc4)c4ccccc4-c4ccccc43)ccc2c1. The van der Waals surface area contributed by atoms with Gasteiger partial charge in [-0.1, -0.05) is 170 Å². The van der Waals surface area contributed by atoms with Crippen molar-refractivity contribution in [2.75, 3.05) is 13.2 Å². The highest BCUT2D eigenvalue weighted by Crippen LogP contribution is 2.58. The number of terminal acetylenes is 2. The minimum absolute atomic E-state index is 0.232. The van der Waals surface area contributed by atoms with Gasteiger partial charge in [-0.2, -0.15) is 0 Å². The van der Waals surface area contributed by atoms with Crippen molar-refractivity contribution in [2.24, 2.45) is 0 Å². The molecule has 316 valence electrons. The van der Waals surface area contributed by atoms with Crippen molar-refractivity contribution in [3.05, 3.63) is 263 Å². The average Bonchev–Trinajstić information content (AvgIpc) is 3.86. The summed E-state index contributed by atoms with van der Waals surface area (Å²) < 4.78 is 18.3. The largest absolute Gasteiger partial charge is 0.481 e. The van der Waals surface area contributed by atoms with Crippen molar-refractivity contribution >= 4 is 21.5 Å². The number of hydrogen-bond donors (Lipinski definition) is 0. The van der Waals surface area contributed by atoms with Crippen LogP contribution in [-0.2, 0) is 10.8 Å². The first-order valence-corrected chi connectivity index (χ1v) is 22.6. The zero-order chi connectivity index (χ0) is 45.0. The van der Waals surface area contributed by atoms with Crippen LogP contribution in [0.2, 0.25) is 0 Å². The van der Waals surface area contributed by atoms with E-state index in [1.165, 1.54) is 55.6 Å². The third-order valence-electron chi connectivity index (χ3n) is 13.8. The summed E-state index contributed by atoms with van der Waals surface area (Å²) in [5.41, 5.74) is 13.5. The van der Waals surface area contributed by atoms with Gasteiger partial charge in [0.05, 0.1) is 10.8 Å². The van der Waals surface area contributed by atoms with Gasteiger partial charge in [-0.05, 0) is 149 Å². The Morgan fingerprint density at radius 3 is 0.970 bits per heavy atom. The first-order chi connectivity index (χ1) is 33.1. The number of benzene rings is 10. The van der Waals surface area contributed by atoms with E-state index in [4.69, 9.17) is 27.1 Å². The summed E-state index contributed by atoms with van der Waals surface area (Å²) in [6, 6.07) is 78.5. The summed E-state index contributed by atoms with van der Waals surface area (Å²) >= 11 is 0. The third kappa shape index (κ3) is 6.24. The van der Waals surface area contributed by atoms with Crippen LogP contribution in [0, 0.1) is 24.7 Å². The Morgan fingerprint density at radius 2 is 0.612 bits per heavy atom. The molecule has 12 rings (SSSR count). The van der Waals surface area contributed by atoms with E-state index in [0.29, 0.717) is 0 Å². The highest BCUT2D eigenvalue weighted by atomic mass is 16.5. The second-order valence-corrected chi connectivity index (χ2v) is 17.3. The normalized spacial score (nSPS) is 13.4. The lowest BCUT2D eigenvalue weighted by atomic mass is 9.67. The number of ether oxygens (including phenoxy) is 3. The van der Waals surface area contributed by atoms with Gasteiger partial charge >= 0.3 is 0 Å². The number of hydrogen-bond acceptors (Lipinski definition) is 3. The smallest absolute Gasteiger partial charge is 0.148 e. The van der Waals surface area contributed by atoms with E-state index in [0.717, 1.165) is 55.7 Å². The van der Waals surface area contributed by atoms with Crippen LogP contribution in [0.4, 0.5) is 0 Å². The molecule has 67 heavy (non-hydrogen) atoms. The molecule has 0 saturated heterocycles. The highest BCUT2D eigenvalue weighted by molar-refractivity contribution is 5.92. The molecule has 0 radical (unpaired) electrons. The Kier molecular flexibility index (Phi) is 9.53. The molecule has 0 spiro atoms. The van der Waals surface area contributed by atoms with Crippen molar-refractivity contribution in [1.29, 1.82) is 0 Å². The topological polar surface area (TPSA) is 27.7 Å². The van der Waals surface area contributed by atoms with Gasteiger partial charge in [-0.3, -0.25) is 0 Å². The van der Waals surface area contributed by atoms with Gasteiger partial charge in [0.1, 0.15) is 36.2 Å². The van der Waals surface area contributed by atoms with Crippen LogP contribution in [0.3, 0.4) is 0 Å². The number of rotatable bonds is 10. The molecule has 0 aliphatic heterocycles. The maximum atomic E-state index is 6.71. The Bertz CT molecular complexity index is 3310. The van der Waals surface area contributed by atoms with Crippen LogP contribution in [0.1, 0.15) is 44.5 Å². The molecule has 3 heteroatoms. The van der Waals surface area contributed by atoms with E-state index in [9.17, 15) is 0 Å². The van der Waals surface area contributed by atoms with Crippen LogP contribution in [0.15, 0.2) is 218 Å². The minimum Gasteiger partial charge on any atom is -0.481 e. The Balaban J connectivity index is 0.925. The molecule has 2 aliphatic rings. The summed E-state index contributed by atoms with van der Waals surface area (Å²) in [7, 11) is 0. The lowest BCUT2D eigenvalue weighted by molar-refractivity contribution is 0.371. The first kappa shape index (κ1) is 39.8. The third-order valence-corrected chi connectivity index (χ3v) is 13.8. The summed E-state index contributed by atoms with van der Waals surface area (Å²) in [5.74, 6) is 8.17. The van der Waals surface area contributed by atoms with Crippen LogP contribution in [0.5, 0.6) is 23.0 Å². The Labute approximate surface area is 390 Å². The lowest BCUT2D eigenvalue weighted by Crippen LogP contribution is -2.28. The van der Waals surface area contributed by atoms with Crippen LogP contribution in [-0.4, -0.2) is 13.2 Å². The predicted octanol–water partition coefficient (Wildman–Crippen LogP) is 14.5. The molecule has 0 heterocycles. The van der Waals surface area contributed by atoms with E-state index in [1.54, 1.807) is 0 Å². The van der Waals surface area contributed by atoms with Crippen molar-refractivity contribution < 1.29 is 14.2 Å². The monoisotopic (exact) mass is 858 g/mol. The fraction of sp³-hybridized carbons (Fsp3) is 0.0625. The molecule has 0 saturated carbocycles. The standard InChI is InChI=1S/C64H42O3/c1-3-37-65-53-31-23-43-39-49(25-21-45(43)41-53)63(59-17-9-5-13-55(59)56-14-6-10-18-60(56)63)47-27-33-51(34-28-47)67-52-35-29-48(30-36-52)64(61-19-11-7-15-57(61)58-16-8-12-20-62(58)64)50-26-22-46-42-54(66-38-4-2)32-24-44(46)40-50/h1-2,5-36,39-42H,37-38H2. The van der Waals surface area contributed by atoms with Crippen LogP contribution >= 0.6 is 0 Å². The second-order valence-electron chi connectivity index (χ2n) is 17.3. The van der Waals surface area contributed by atoms with Gasteiger partial charge in [0.15, 0.2) is 0 Å². The molecule has 0 fully saturated rings. The fourth-order valence-corrected chi connectivity index (χ4v) is 11.1. The van der Waals surface area contributed by atoms with Gasteiger partial charge in [0.25, 0.3) is 0 Å². The van der Waals surface area contributed by atoms with Gasteiger partial charge in [0, 0.05) is 0 Å². The Morgan fingerprint density at radius 1 is 0.313 bits per heavy atom. The summed E-state index contributed by atoms with van der Waals surface area (Å²) in [6.07, 6.45) is 11.0. The summed E-state index contributed by atoms with van der Waals surface area (Å²) in [4.78, 5) is 0. The maximum absolute atomic E-state index is 6.71. The molecule has 2 aliphatic carbocycles. The second kappa shape index (κ2) is 16.0. The van der Waals surface area contributed by atoms with E-state index < -0.39 is 10.8 Å². The number of fused-ring (bicyclic) bond motifs is 8. The van der Waals surface area contributed by atoms with Gasteiger partial charge in [0.2, 0.25) is 0 Å². The average molecular weight is 859 g/mol. The lowest BCUT2D eigenvalue weighted by Gasteiger charge is -2.34. The summed E-state index contributed by atoms with van der Waals surface area (Å²) in [5, 5.41) is 4.44. The van der Waals surface area contributed by atoms with Crippen molar-refractivity contribution in [2.45, 2.75) is 10.8 Å². The molecule has 0 atom stereocenters. The quantitative estimate of drug-likeness (QED) is 0.128. The molecular weight excluding hydrogens is 817 g/mol. The predicted molar refractivity (Wildman–Crippen MR) is 271 cm³/mol. The highest BCUT2D eigenvalue weighted by Gasteiger charge is 2.47. The van der Waals surface area contributed by atoms with Crippen LogP contribution < -0.4 is 14.2 Å². The fourth-order valence-electron chi connectivity index (χ4n) is 11.1. The van der Waals surface area contributed by atoms with Crippen molar-refractivity contribution in [3.63, 3.8) is 0 Å².